The minimum Gasteiger partial charge on any atom is -0.508 e. The molecule has 0 radical (unpaired) electrons. The van der Waals surface area contributed by atoms with Crippen LogP contribution < -0.4 is 5.32 Å². The summed E-state index contributed by atoms with van der Waals surface area (Å²) in [5.41, 5.74) is 0. The highest BCUT2D eigenvalue weighted by atomic mass is 32.2. The van der Waals surface area contributed by atoms with Crippen molar-refractivity contribution >= 4 is 11.8 Å². The Morgan fingerprint density at radius 3 is 2.53 bits per heavy atom. The molecule has 2 nitrogen and oxygen atoms in total. The largest absolute Gasteiger partial charge is 0.508 e. The summed E-state index contributed by atoms with van der Waals surface area (Å²) in [5, 5.41) is 12.5. The number of phenolic OH excluding ortho intramolecular Hbond substituents is 1. The Morgan fingerprint density at radius 1 is 1.27 bits per heavy atom. The third-order valence-corrected chi connectivity index (χ3v) is 3.08. The van der Waals surface area contributed by atoms with Gasteiger partial charge in [-0.3, -0.25) is 0 Å². The third kappa shape index (κ3) is 5.70. The van der Waals surface area contributed by atoms with Gasteiger partial charge in [-0.25, -0.2) is 0 Å². The normalized spacial score (nSPS) is 10.9. The SMILES string of the molecule is CC(C)NCCCSc1ccc(O)cc1. The Balaban J connectivity index is 2.12. The lowest BCUT2D eigenvalue weighted by Crippen LogP contribution is -2.23. The molecule has 0 spiro atoms. The molecule has 0 amide bonds. The molecule has 15 heavy (non-hydrogen) atoms. The van der Waals surface area contributed by atoms with Gasteiger partial charge in [-0.2, -0.15) is 0 Å². The number of benzene rings is 1. The second kappa shape index (κ2) is 6.75. The molecule has 0 saturated heterocycles. The van der Waals surface area contributed by atoms with Crippen molar-refractivity contribution in [1.82, 2.24) is 5.32 Å². The first-order valence-corrected chi connectivity index (χ1v) is 6.32. The third-order valence-electron chi connectivity index (χ3n) is 1.98. The maximum atomic E-state index is 9.11. The molecule has 0 aliphatic carbocycles. The monoisotopic (exact) mass is 225 g/mol. The van der Waals surface area contributed by atoms with Crippen molar-refractivity contribution in [1.29, 1.82) is 0 Å². The van der Waals surface area contributed by atoms with Crippen LogP contribution in [0.1, 0.15) is 20.3 Å². The first-order valence-electron chi connectivity index (χ1n) is 5.33. The summed E-state index contributed by atoms with van der Waals surface area (Å²) in [6.45, 7) is 5.39. The van der Waals surface area contributed by atoms with Crippen LogP contribution in [0.4, 0.5) is 0 Å². The molecule has 0 atom stereocenters. The van der Waals surface area contributed by atoms with Crippen LogP contribution in [0.2, 0.25) is 0 Å². The minimum absolute atomic E-state index is 0.334. The van der Waals surface area contributed by atoms with E-state index in [9.17, 15) is 0 Å². The van der Waals surface area contributed by atoms with E-state index in [2.05, 4.69) is 19.2 Å². The lowest BCUT2D eigenvalue weighted by molar-refractivity contribution is 0.475. The lowest BCUT2D eigenvalue weighted by atomic mass is 10.3. The van der Waals surface area contributed by atoms with Crippen molar-refractivity contribution in [3.05, 3.63) is 24.3 Å². The van der Waals surface area contributed by atoms with Crippen LogP contribution >= 0.6 is 11.8 Å². The van der Waals surface area contributed by atoms with Gasteiger partial charge in [-0.1, -0.05) is 13.8 Å². The van der Waals surface area contributed by atoms with Crippen LogP contribution in [0.15, 0.2) is 29.2 Å². The smallest absolute Gasteiger partial charge is 0.115 e. The van der Waals surface area contributed by atoms with Crippen molar-refractivity contribution in [2.45, 2.75) is 31.2 Å². The van der Waals surface area contributed by atoms with Crippen LogP contribution in [-0.4, -0.2) is 23.4 Å². The second-order valence-electron chi connectivity index (χ2n) is 3.80. The van der Waals surface area contributed by atoms with Gasteiger partial charge in [0.05, 0.1) is 0 Å². The number of hydrogen-bond donors (Lipinski definition) is 2. The molecule has 0 aliphatic heterocycles. The number of nitrogens with one attached hydrogen (secondary N) is 1. The van der Waals surface area contributed by atoms with Crippen molar-refractivity contribution in [2.75, 3.05) is 12.3 Å². The molecule has 0 aliphatic rings. The number of thioether (sulfide) groups is 1. The summed E-state index contributed by atoms with van der Waals surface area (Å²) in [5.74, 6) is 1.45. The van der Waals surface area contributed by atoms with E-state index in [0.717, 1.165) is 12.3 Å². The molecular formula is C12H19NOS. The molecule has 2 N–H and O–H groups in total. The molecule has 0 saturated carbocycles. The second-order valence-corrected chi connectivity index (χ2v) is 4.97. The van der Waals surface area contributed by atoms with Crippen LogP contribution in [0.25, 0.3) is 0 Å². The average Bonchev–Trinajstić information content (AvgIpc) is 2.20. The Morgan fingerprint density at radius 2 is 1.93 bits per heavy atom. The van der Waals surface area contributed by atoms with E-state index in [1.807, 2.05) is 23.9 Å². The Kier molecular flexibility index (Phi) is 5.58. The molecule has 0 unspecified atom stereocenters. The van der Waals surface area contributed by atoms with E-state index in [0.29, 0.717) is 11.8 Å². The summed E-state index contributed by atoms with van der Waals surface area (Å²) < 4.78 is 0. The van der Waals surface area contributed by atoms with Gasteiger partial charge in [0.1, 0.15) is 5.75 Å². The summed E-state index contributed by atoms with van der Waals surface area (Å²) in [4.78, 5) is 1.22. The van der Waals surface area contributed by atoms with E-state index < -0.39 is 0 Å². The lowest BCUT2D eigenvalue weighted by Gasteiger charge is -2.07. The standard InChI is InChI=1S/C12H19NOS/c1-10(2)13-8-3-9-15-12-6-4-11(14)5-7-12/h4-7,10,13-14H,3,8-9H2,1-2H3. The van der Waals surface area contributed by atoms with Crippen molar-refractivity contribution in [3.63, 3.8) is 0 Å². The van der Waals surface area contributed by atoms with Crippen molar-refractivity contribution in [2.24, 2.45) is 0 Å². The maximum absolute atomic E-state index is 9.11. The van der Waals surface area contributed by atoms with Gasteiger partial charge in [0.2, 0.25) is 0 Å². The van der Waals surface area contributed by atoms with E-state index in [-0.39, 0.29) is 0 Å². The van der Waals surface area contributed by atoms with Gasteiger partial charge >= 0.3 is 0 Å². The predicted octanol–water partition coefficient (Wildman–Crippen LogP) is 2.87. The van der Waals surface area contributed by atoms with Gasteiger partial charge in [-0.15, -0.1) is 11.8 Å². The molecule has 0 aromatic heterocycles. The summed E-state index contributed by atoms with van der Waals surface area (Å²) in [7, 11) is 0. The molecule has 0 fully saturated rings. The molecular weight excluding hydrogens is 206 g/mol. The van der Waals surface area contributed by atoms with E-state index in [4.69, 9.17) is 5.11 Å². The fourth-order valence-electron chi connectivity index (χ4n) is 1.20. The molecule has 0 heterocycles. The van der Waals surface area contributed by atoms with Crippen molar-refractivity contribution in [3.8, 4) is 5.75 Å². The van der Waals surface area contributed by atoms with Crippen LogP contribution in [0.5, 0.6) is 5.75 Å². The Hall–Kier alpha value is -0.670. The van der Waals surface area contributed by atoms with Gasteiger partial charge in [0, 0.05) is 10.9 Å². The van der Waals surface area contributed by atoms with E-state index in [1.54, 1.807) is 12.1 Å². The van der Waals surface area contributed by atoms with Crippen LogP contribution in [0.3, 0.4) is 0 Å². The Labute approximate surface area is 96.1 Å². The first kappa shape index (κ1) is 12.4. The Bertz CT molecular complexity index is 271. The molecule has 1 aromatic carbocycles. The highest BCUT2D eigenvalue weighted by molar-refractivity contribution is 7.99. The van der Waals surface area contributed by atoms with Crippen LogP contribution in [-0.2, 0) is 0 Å². The molecule has 3 heteroatoms. The first-order chi connectivity index (χ1) is 7.18. The van der Waals surface area contributed by atoms with Gasteiger partial charge in [-0.05, 0) is 43.0 Å². The number of phenols is 1. The zero-order chi connectivity index (χ0) is 11.1. The fraction of sp³-hybridized carbons (Fsp3) is 0.500. The van der Waals surface area contributed by atoms with Gasteiger partial charge < -0.3 is 10.4 Å². The fourth-order valence-corrected chi connectivity index (χ4v) is 2.05. The number of hydrogen-bond acceptors (Lipinski definition) is 3. The highest BCUT2D eigenvalue weighted by Gasteiger charge is 1.95. The van der Waals surface area contributed by atoms with E-state index >= 15 is 0 Å². The topological polar surface area (TPSA) is 32.3 Å². The van der Waals surface area contributed by atoms with Crippen molar-refractivity contribution < 1.29 is 5.11 Å². The molecule has 1 aromatic rings. The summed E-state index contributed by atoms with van der Waals surface area (Å²) in [6.07, 6.45) is 1.17. The summed E-state index contributed by atoms with van der Waals surface area (Å²) >= 11 is 1.83. The summed E-state index contributed by atoms with van der Waals surface area (Å²) in [6, 6.07) is 7.94. The molecule has 1 rings (SSSR count). The van der Waals surface area contributed by atoms with Gasteiger partial charge in [0.15, 0.2) is 0 Å². The van der Waals surface area contributed by atoms with E-state index in [1.165, 1.54) is 11.3 Å². The zero-order valence-corrected chi connectivity index (χ0v) is 10.2. The maximum Gasteiger partial charge on any atom is 0.115 e. The molecule has 84 valence electrons. The number of rotatable bonds is 6. The van der Waals surface area contributed by atoms with Crippen LogP contribution in [0, 0.1) is 0 Å². The molecule has 0 bridgehead atoms. The average molecular weight is 225 g/mol. The zero-order valence-electron chi connectivity index (χ0n) is 9.36. The quantitative estimate of drug-likeness (QED) is 0.577. The highest BCUT2D eigenvalue weighted by Crippen LogP contribution is 2.20. The van der Waals surface area contributed by atoms with Gasteiger partial charge in [0.25, 0.3) is 0 Å². The predicted molar refractivity (Wildman–Crippen MR) is 66.6 cm³/mol. The minimum atomic E-state index is 0.334. The number of aromatic hydroxyl groups is 1.